The number of hydrogen-bond acceptors (Lipinski definition) is 2. The molecular formula is C58H38N2O. The van der Waals surface area contributed by atoms with Crippen molar-refractivity contribution in [3.05, 3.63) is 231 Å². The summed E-state index contributed by atoms with van der Waals surface area (Å²) < 4.78 is 8.84. The third kappa shape index (κ3) is 5.74. The van der Waals surface area contributed by atoms with E-state index in [0.29, 0.717) is 0 Å². The highest BCUT2D eigenvalue weighted by Crippen LogP contribution is 2.47. The number of furan rings is 1. The Morgan fingerprint density at radius 1 is 0.328 bits per heavy atom. The Bertz CT molecular complexity index is 3550. The number of nitrogens with zero attached hydrogens (tertiary/aromatic N) is 2. The van der Waals surface area contributed by atoms with Gasteiger partial charge in [0.05, 0.1) is 28.1 Å². The molecule has 12 aromatic rings. The van der Waals surface area contributed by atoms with Crippen LogP contribution in [0, 0.1) is 0 Å². The standard InChI is InChI=1S/C58H38N2O/c1-2-18-43-39(16-1)17-15-25-46(43)47-21-5-11-28-54(47)59(52-26-9-4-20-45(52)41-34-37-51-50-24-8-14-31-57(50)61-58(51)38-41)42-35-32-40(33-36-42)44-19-3-10-27-53(44)60-55-29-12-6-22-48(55)49-23-7-13-30-56(49)60/h1-38H. The van der Waals surface area contributed by atoms with Gasteiger partial charge in [0.1, 0.15) is 11.2 Å². The molecule has 3 nitrogen and oxygen atoms in total. The average molecular weight is 779 g/mol. The van der Waals surface area contributed by atoms with Crippen molar-refractivity contribution in [1.29, 1.82) is 0 Å². The van der Waals surface area contributed by atoms with Crippen LogP contribution in [0.25, 0.3) is 93.6 Å². The van der Waals surface area contributed by atoms with Crippen LogP contribution < -0.4 is 4.90 Å². The van der Waals surface area contributed by atoms with Crippen LogP contribution >= 0.6 is 0 Å². The lowest BCUT2D eigenvalue weighted by Crippen LogP contribution is -2.12. The van der Waals surface area contributed by atoms with E-state index in [9.17, 15) is 0 Å². The van der Waals surface area contributed by atoms with Gasteiger partial charge in [-0.05, 0) is 88.1 Å². The van der Waals surface area contributed by atoms with Crippen LogP contribution in [0.15, 0.2) is 235 Å². The largest absolute Gasteiger partial charge is 0.456 e. The van der Waals surface area contributed by atoms with E-state index in [0.717, 1.165) is 66.9 Å². The molecule has 0 aliphatic rings. The van der Waals surface area contributed by atoms with Crippen LogP contribution in [0.4, 0.5) is 17.1 Å². The Morgan fingerprint density at radius 3 is 1.62 bits per heavy atom. The number of benzene rings is 10. The molecule has 2 aromatic heterocycles. The molecule has 0 spiro atoms. The van der Waals surface area contributed by atoms with Gasteiger partial charge in [-0.3, -0.25) is 0 Å². The maximum Gasteiger partial charge on any atom is 0.136 e. The van der Waals surface area contributed by atoms with Gasteiger partial charge >= 0.3 is 0 Å². The molecule has 0 atom stereocenters. The van der Waals surface area contributed by atoms with Crippen molar-refractivity contribution < 1.29 is 4.42 Å². The van der Waals surface area contributed by atoms with Crippen molar-refractivity contribution in [3.63, 3.8) is 0 Å². The molecule has 0 saturated heterocycles. The number of para-hydroxylation sites is 6. The smallest absolute Gasteiger partial charge is 0.136 e. The maximum absolute atomic E-state index is 6.43. The molecule has 0 N–H and O–H groups in total. The first kappa shape index (κ1) is 34.9. The van der Waals surface area contributed by atoms with E-state index < -0.39 is 0 Å². The zero-order valence-corrected chi connectivity index (χ0v) is 33.2. The summed E-state index contributed by atoms with van der Waals surface area (Å²) in [4.78, 5) is 2.43. The third-order valence-electron chi connectivity index (χ3n) is 12.2. The Labute approximate surface area is 353 Å². The van der Waals surface area contributed by atoms with E-state index in [4.69, 9.17) is 4.42 Å². The Balaban J connectivity index is 1.05. The van der Waals surface area contributed by atoms with Crippen LogP contribution in [0.3, 0.4) is 0 Å². The highest BCUT2D eigenvalue weighted by Gasteiger charge is 2.22. The molecule has 61 heavy (non-hydrogen) atoms. The minimum absolute atomic E-state index is 0.877. The number of fused-ring (bicyclic) bond motifs is 7. The average Bonchev–Trinajstić information content (AvgIpc) is 3.87. The monoisotopic (exact) mass is 778 g/mol. The Kier molecular flexibility index (Phi) is 8.17. The zero-order chi connectivity index (χ0) is 40.3. The molecule has 0 unspecified atom stereocenters. The van der Waals surface area contributed by atoms with Gasteiger partial charge in [0.15, 0.2) is 0 Å². The highest BCUT2D eigenvalue weighted by molar-refractivity contribution is 6.10. The summed E-state index contributed by atoms with van der Waals surface area (Å²) in [5.74, 6) is 0. The van der Waals surface area contributed by atoms with Crippen LogP contribution in [0.1, 0.15) is 0 Å². The fourth-order valence-electron chi connectivity index (χ4n) is 9.46. The molecule has 0 radical (unpaired) electrons. The van der Waals surface area contributed by atoms with Gasteiger partial charge in [0.2, 0.25) is 0 Å². The summed E-state index contributed by atoms with van der Waals surface area (Å²) in [6.07, 6.45) is 0. The topological polar surface area (TPSA) is 21.3 Å². The minimum Gasteiger partial charge on any atom is -0.456 e. The van der Waals surface area contributed by atoms with E-state index in [1.807, 2.05) is 12.1 Å². The van der Waals surface area contributed by atoms with Crippen molar-refractivity contribution in [2.24, 2.45) is 0 Å². The predicted molar refractivity (Wildman–Crippen MR) is 257 cm³/mol. The number of anilines is 3. The van der Waals surface area contributed by atoms with Gasteiger partial charge in [-0.1, -0.05) is 170 Å². The molecule has 0 amide bonds. The molecule has 12 rings (SSSR count). The normalized spacial score (nSPS) is 11.6. The summed E-state index contributed by atoms with van der Waals surface area (Å²) in [6.45, 7) is 0. The molecule has 2 heterocycles. The van der Waals surface area contributed by atoms with Crippen LogP contribution in [-0.4, -0.2) is 4.57 Å². The summed E-state index contributed by atoms with van der Waals surface area (Å²) in [5.41, 5.74) is 15.4. The quantitative estimate of drug-likeness (QED) is 0.161. The first-order chi connectivity index (χ1) is 30.3. The van der Waals surface area contributed by atoms with Crippen molar-refractivity contribution in [2.45, 2.75) is 0 Å². The van der Waals surface area contributed by atoms with E-state index in [2.05, 4.69) is 228 Å². The van der Waals surface area contributed by atoms with Crippen molar-refractivity contribution >= 4 is 71.6 Å². The molecule has 3 heteroatoms. The lowest BCUT2D eigenvalue weighted by Gasteiger charge is -2.30. The number of hydrogen-bond donors (Lipinski definition) is 0. The fourth-order valence-corrected chi connectivity index (χ4v) is 9.46. The highest BCUT2D eigenvalue weighted by atomic mass is 16.3. The third-order valence-corrected chi connectivity index (χ3v) is 12.2. The predicted octanol–water partition coefficient (Wildman–Crippen LogP) is 16.3. The molecule has 0 aliphatic carbocycles. The van der Waals surface area contributed by atoms with Gasteiger partial charge in [0.25, 0.3) is 0 Å². The first-order valence-electron chi connectivity index (χ1n) is 20.8. The molecule has 0 bridgehead atoms. The molecule has 0 saturated carbocycles. The maximum atomic E-state index is 6.43. The second-order valence-electron chi connectivity index (χ2n) is 15.6. The van der Waals surface area contributed by atoms with Gasteiger partial charge < -0.3 is 13.9 Å². The van der Waals surface area contributed by atoms with Gasteiger partial charge in [-0.2, -0.15) is 0 Å². The van der Waals surface area contributed by atoms with Crippen molar-refractivity contribution in [3.8, 4) is 39.1 Å². The molecular weight excluding hydrogens is 741 g/mol. The molecule has 286 valence electrons. The van der Waals surface area contributed by atoms with Gasteiger partial charge in [-0.25, -0.2) is 0 Å². The van der Waals surface area contributed by atoms with Crippen LogP contribution in [0.5, 0.6) is 0 Å². The molecule has 10 aromatic carbocycles. The van der Waals surface area contributed by atoms with E-state index in [1.54, 1.807) is 0 Å². The Hall–Kier alpha value is -8.14. The molecule has 0 fully saturated rings. The summed E-state index contributed by atoms with van der Waals surface area (Å²) >= 11 is 0. The van der Waals surface area contributed by atoms with Crippen molar-refractivity contribution in [2.75, 3.05) is 4.90 Å². The van der Waals surface area contributed by atoms with E-state index in [1.165, 1.54) is 43.7 Å². The molecule has 0 aliphatic heterocycles. The van der Waals surface area contributed by atoms with E-state index >= 15 is 0 Å². The summed E-state index contributed by atoms with van der Waals surface area (Å²) in [5, 5.41) is 7.18. The van der Waals surface area contributed by atoms with Gasteiger partial charge in [-0.15, -0.1) is 0 Å². The second-order valence-corrected chi connectivity index (χ2v) is 15.6. The zero-order valence-electron chi connectivity index (χ0n) is 33.2. The van der Waals surface area contributed by atoms with Crippen LogP contribution in [0.2, 0.25) is 0 Å². The number of aromatic nitrogens is 1. The SMILES string of the molecule is c1ccc(N(c2ccc(-c3ccccc3-n3c4ccccc4c4ccccc43)cc2)c2ccccc2-c2cccc3ccccc23)c(-c2ccc3c(c2)oc2ccccc23)c1. The van der Waals surface area contributed by atoms with E-state index in [-0.39, 0.29) is 0 Å². The Morgan fingerprint density at radius 2 is 0.852 bits per heavy atom. The second kappa shape index (κ2) is 14.3. The summed E-state index contributed by atoms with van der Waals surface area (Å²) in [7, 11) is 0. The minimum atomic E-state index is 0.877. The van der Waals surface area contributed by atoms with Crippen LogP contribution in [-0.2, 0) is 0 Å². The number of rotatable bonds is 7. The fraction of sp³-hybridized carbons (Fsp3) is 0. The summed E-state index contributed by atoms with van der Waals surface area (Å²) in [6, 6.07) is 83.0. The van der Waals surface area contributed by atoms with Crippen molar-refractivity contribution in [1.82, 2.24) is 4.57 Å². The lowest BCUT2D eigenvalue weighted by molar-refractivity contribution is 0.669. The first-order valence-corrected chi connectivity index (χ1v) is 20.8. The van der Waals surface area contributed by atoms with Gasteiger partial charge in [0, 0.05) is 43.9 Å². The lowest BCUT2D eigenvalue weighted by atomic mass is 9.95.